The monoisotopic (exact) mass is 297 g/mol. The molecule has 0 bridgehead atoms. The Morgan fingerprint density at radius 3 is 2.75 bits per heavy atom. The fourth-order valence-corrected chi connectivity index (χ4v) is 2.78. The Hall–Kier alpha value is -1.89. The largest absolute Gasteiger partial charge is 0.481 e. The van der Waals surface area contributed by atoms with Crippen molar-refractivity contribution in [1.82, 2.24) is 5.32 Å². The van der Waals surface area contributed by atoms with Crippen LogP contribution < -0.4 is 5.32 Å². The van der Waals surface area contributed by atoms with Gasteiger partial charge in [-0.05, 0) is 17.9 Å². The van der Waals surface area contributed by atoms with Crippen LogP contribution in [0.15, 0.2) is 17.5 Å². The van der Waals surface area contributed by atoms with Gasteiger partial charge in [-0.2, -0.15) is 0 Å². The van der Waals surface area contributed by atoms with E-state index in [2.05, 4.69) is 10.1 Å². The fraction of sp³-hybridized carbons (Fsp3) is 0.462. The normalized spacial score (nSPS) is 21.9. The number of thiophene rings is 1. The molecule has 20 heavy (non-hydrogen) atoms. The molecule has 0 saturated heterocycles. The van der Waals surface area contributed by atoms with Crippen molar-refractivity contribution in [2.45, 2.75) is 18.9 Å². The molecule has 1 aromatic rings. The Bertz CT molecular complexity index is 513. The highest BCUT2D eigenvalue weighted by molar-refractivity contribution is 7.10. The number of esters is 1. The maximum Gasteiger partial charge on any atom is 0.307 e. The highest BCUT2D eigenvalue weighted by Gasteiger charge is 2.48. The Balaban J connectivity index is 1.99. The van der Waals surface area contributed by atoms with Gasteiger partial charge in [-0.3, -0.25) is 14.4 Å². The van der Waals surface area contributed by atoms with Gasteiger partial charge in [-0.15, -0.1) is 11.3 Å². The third-order valence-electron chi connectivity index (χ3n) is 3.25. The van der Waals surface area contributed by atoms with E-state index < -0.39 is 29.8 Å². The molecule has 108 valence electrons. The van der Waals surface area contributed by atoms with Gasteiger partial charge in [0.05, 0.1) is 31.4 Å². The first-order valence-corrected chi connectivity index (χ1v) is 7.04. The number of rotatable bonds is 6. The Kier molecular flexibility index (Phi) is 4.39. The van der Waals surface area contributed by atoms with Crippen molar-refractivity contribution < 1.29 is 24.2 Å². The van der Waals surface area contributed by atoms with E-state index >= 15 is 0 Å². The van der Waals surface area contributed by atoms with Crippen LogP contribution in [-0.4, -0.2) is 30.1 Å². The first kappa shape index (κ1) is 14.5. The van der Waals surface area contributed by atoms with Crippen molar-refractivity contribution in [2.75, 3.05) is 7.11 Å². The van der Waals surface area contributed by atoms with E-state index in [0.29, 0.717) is 6.42 Å². The number of hydrogen-bond donors (Lipinski definition) is 2. The van der Waals surface area contributed by atoms with Gasteiger partial charge in [0.1, 0.15) is 0 Å². The van der Waals surface area contributed by atoms with Crippen LogP contribution in [0, 0.1) is 11.8 Å². The number of hydrogen-bond acceptors (Lipinski definition) is 5. The molecule has 1 amide bonds. The molecule has 2 rings (SSSR count). The SMILES string of the molecule is COC(=O)CC(NC(=O)[C@@H]1C[C@@H]1C(=O)O)c1cccs1. The maximum atomic E-state index is 12.0. The summed E-state index contributed by atoms with van der Waals surface area (Å²) in [6, 6.07) is 3.18. The van der Waals surface area contributed by atoms with Crippen LogP contribution in [0.4, 0.5) is 0 Å². The Labute approximate surface area is 119 Å². The first-order valence-electron chi connectivity index (χ1n) is 6.16. The smallest absolute Gasteiger partial charge is 0.307 e. The van der Waals surface area contributed by atoms with Gasteiger partial charge in [0.2, 0.25) is 5.91 Å². The van der Waals surface area contributed by atoms with E-state index in [1.54, 1.807) is 0 Å². The zero-order chi connectivity index (χ0) is 14.7. The van der Waals surface area contributed by atoms with Crippen LogP contribution in [0.25, 0.3) is 0 Å². The number of ether oxygens (including phenoxy) is 1. The molecular formula is C13H15NO5S. The molecule has 2 N–H and O–H groups in total. The number of methoxy groups -OCH3 is 1. The number of carbonyl (C=O) groups excluding carboxylic acids is 2. The molecule has 0 spiro atoms. The van der Waals surface area contributed by atoms with E-state index in [4.69, 9.17) is 5.11 Å². The summed E-state index contributed by atoms with van der Waals surface area (Å²) in [6.07, 6.45) is 0.393. The van der Waals surface area contributed by atoms with E-state index in [0.717, 1.165) is 4.88 Å². The van der Waals surface area contributed by atoms with Crippen molar-refractivity contribution >= 4 is 29.2 Å². The van der Waals surface area contributed by atoms with Gasteiger partial charge in [0.15, 0.2) is 0 Å². The number of amides is 1. The van der Waals surface area contributed by atoms with Gasteiger partial charge in [-0.25, -0.2) is 0 Å². The van der Waals surface area contributed by atoms with Crippen LogP contribution in [0.5, 0.6) is 0 Å². The van der Waals surface area contributed by atoms with Crippen LogP contribution in [0.2, 0.25) is 0 Å². The summed E-state index contributed by atoms with van der Waals surface area (Å²) in [7, 11) is 1.29. The number of carboxylic acids is 1. The molecule has 0 aliphatic heterocycles. The lowest BCUT2D eigenvalue weighted by atomic mass is 10.1. The predicted molar refractivity (Wildman–Crippen MR) is 71.1 cm³/mol. The molecular weight excluding hydrogens is 282 g/mol. The molecule has 6 nitrogen and oxygen atoms in total. The summed E-state index contributed by atoms with van der Waals surface area (Å²) in [5.74, 6) is -2.79. The molecule has 1 heterocycles. The third-order valence-corrected chi connectivity index (χ3v) is 4.23. The van der Waals surface area contributed by atoms with E-state index in [1.165, 1.54) is 18.4 Å². The van der Waals surface area contributed by atoms with E-state index in [-0.39, 0.29) is 12.3 Å². The zero-order valence-corrected chi connectivity index (χ0v) is 11.7. The van der Waals surface area contributed by atoms with E-state index in [9.17, 15) is 14.4 Å². The Morgan fingerprint density at radius 2 is 2.25 bits per heavy atom. The second-order valence-electron chi connectivity index (χ2n) is 4.64. The van der Waals surface area contributed by atoms with Crippen molar-refractivity contribution in [3.8, 4) is 0 Å². The lowest BCUT2D eigenvalue weighted by Crippen LogP contribution is -2.32. The van der Waals surface area contributed by atoms with Gasteiger partial charge in [-0.1, -0.05) is 6.07 Å². The molecule has 3 atom stereocenters. The molecule has 1 aliphatic carbocycles. The minimum atomic E-state index is -0.953. The summed E-state index contributed by atoms with van der Waals surface area (Å²) in [4.78, 5) is 35.0. The highest BCUT2D eigenvalue weighted by Crippen LogP contribution is 2.39. The van der Waals surface area contributed by atoms with Gasteiger partial charge >= 0.3 is 11.9 Å². The van der Waals surface area contributed by atoms with Crippen molar-refractivity contribution in [2.24, 2.45) is 11.8 Å². The van der Waals surface area contributed by atoms with E-state index in [1.807, 2.05) is 17.5 Å². The summed E-state index contributed by atoms with van der Waals surface area (Å²) < 4.78 is 4.62. The van der Waals surface area contributed by atoms with Crippen molar-refractivity contribution in [1.29, 1.82) is 0 Å². The quantitative estimate of drug-likeness (QED) is 0.769. The fourth-order valence-electron chi connectivity index (χ4n) is 2.00. The molecule has 1 aliphatic rings. The summed E-state index contributed by atoms with van der Waals surface area (Å²) >= 11 is 1.43. The van der Waals surface area contributed by atoms with Gasteiger partial charge in [0, 0.05) is 4.88 Å². The number of nitrogens with one attached hydrogen (secondary N) is 1. The highest BCUT2D eigenvalue weighted by atomic mass is 32.1. The van der Waals surface area contributed by atoms with Crippen LogP contribution in [-0.2, 0) is 19.1 Å². The minimum Gasteiger partial charge on any atom is -0.481 e. The van der Waals surface area contributed by atoms with Gasteiger partial charge < -0.3 is 15.2 Å². The summed E-state index contributed by atoms with van der Waals surface area (Å²) in [6.45, 7) is 0. The number of carboxylic acid groups (broad SMARTS) is 1. The third kappa shape index (κ3) is 3.36. The molecule has 0 radical (unpaired) electrons. The van der Waals surface area contributed by atoms with Crippen LogP contribution in [0.1, 0.15) is 23.8 Å². The van der Waals surface area contributed by atoms with Crippen LogP contribution in [0.3, 0.4) is 0 Å². The molecule has 1 fully saturated rings. The molecule has 0 aromatic carbocycles. The summed E-state index contributed by atoms with van der Waals surface area (Å²) in [5, 5.41) is 13.4. The van der Waals surface area contributed by atoms with Crippen LogP contribution >= 0.6 is 11.3 Å². The Morgan fingerprint density at radius 1 is 1.50 bits per heavy atom. The zero-order valence-electron chi connectivity index (χ0n) is 10.9. The lowest BCUT2D eigenvalue weighted by Gasteiger charge is -2.16. The average molecular weight is 297 g/mol. The maximum absolute atomic E-state index is 12.0. The number of carbonyl (C=O) groups is 3. The van der Waals surface area contributed by atoms with Gasteiger partial charge in [0.25, 0.3) is 0 Å². The topological polar surface area (TPSA) is 92.7 Å². The number of aliphatic carboxylic acids is 1. The predicted octanol–water partition coefficient (Wildman–Crippen LogP) is 1.19. The lowest BCUT2D eigenvalue weighted by molar-refractivity contribution is -0.142. The average Bonchev–Trinajstić information content (AvgIpc) is 3.05. The standard InChI is InChI=1S/C13H15NO5S/c1-19-11(15)6-9(10-3-2-4-20-10)14-12(16)7-5-8(7)13(17)18/h2-4,7-9H,5-6H2,1H3,(H,14,16)(H,17,18)/t7-,8+,9?/m1/s1. The van der Waals surface area contributed by atoms with Crippen molar-refractivity contribution in [3.05, 3.63) is 22.4 Å². The summed E-state index contributed by atoms with van der Waals surface area (Å²) in [5.41, 5.74) is 0. The molecule has 7 heteroatoms. The molecule has 1 saturated carbocycles. The first-order chi connectivity index (χ1) is 9.52. The molecule has 1 unspecified atom stereocenters. The molecule has 1 aromatic heterocycles. The minimum absolute atomic E-state index is 0.0349. The van der Waals surface area contributed by atoms with Crippen molar-refractivity contribution in [3.63, 3.8) is 0 Å². The second kappa shape index (κ2) is 6.04. The second-order valence-corrected chi connectivity index (χ2v) is 5.62.